The largest absolute Gasteiger partial charge is 0.486 e. The van der Waals surface area contributed by atoms with Gasteiger partial charge in [0.25, 0.3) is 0 Å². The fourth-order valence-corrected chi connectivity index (χ4v) is 4.18. The van der Waals surface area contributed by atoms with Crippen LogP contribution in [0.4, 0.5) is 0 Å². The molecule has 24 heavy (non-hydrogen) atoms. The first kappa shape index (κ1) is 16.9. The van der Waals surface area contributed by atoms with Crippen LogP contribution in [-0.4, -0.2) is 46.6 Å². The van der Waals surface area contributed by atoms with Crippen molar-refractivity contribution in [2.75, 3.05) is 13.1 Å². The Hall–Kier alpha value is -1.97. The first-order valence-electron chi connectivity index (χ1n) is 7.78. The average molecular weight is 351 g/mol. The number of sulfonamides is 1. The second-order valence-corrected chi connectivity index (χ2v) is 7.76. The molecule has 3 rings (SSSR count). The Labute approximate surface area is 141 Å². The van der Waals surface area contributed by atoms with E-state index < -0.39 is 10.0 Å². The second-order valence-electron chi connectivity index (χ2n) is 5.83. The van der Waals surface area contributed by atoms with Crippen LogP contribution >= 0.6 is 0 Å². The number of aryl methyl sites for hydroxylation is 1. The van der Waals surface area contributed by atoms with E-state index in [1.807, 2.05) is 0 Å². The molecule has 2 aromatic rings. The van der Waals surface area contributed by atoms with Crippen molar-refractivity contribution in [3.63, 3.8) is 0 Å². The van der Waals surface area contributed by atoms with E-state index in [1.54, 1.807) is 36.0 Å². The Morgan fingerprint density at radius 1 is 1.33 bits per heavy atom. The van der Waals surface area contributed by atoms with Crippen LogP contribution in [0.3, 0.4) is 0 Å². The molecule has 1 aliphatic heterocycles. The predicted octanol–water partition coefficient (Wildman–Crippen LogP) is 0.506. The highest BCUT2D eigenvalue weighted by atomic mass is 32.2. The zero-order valence-electron chi connectivity index (χ0n) is 13.5. The molecule has 1 fully saturated rings. The van der Waals surface area contributed by atoms with Crippen LogP contribution < -0.4 is 10.5 Å². The number of aromatic nitrogens is 3. The SMILES string of the molecule is Cn1ncnc1COc1ccc(S(=O)(=O)N2CCCC(N)C2)cc1. The molecule has 1 atom stereocenters. The third kappa shape index (κ3) is 3.58. The van der Waals surface area contributed by atoms with Gasteiger partial charge in [-0.05, 0) is 37.1 Å². The van der Waals surface area contributed by atoms with Gasteiger partial charge in [-0.2, -0.15) is 9.40 Å². The molecule has 1 aromatic carbocycles. The topological polar surface area (TPSA) is 103 Å². The van der Waals surface area contributed by atoms with Crippen molar-refractivity contribution in [3.8, 4) is 5.75 Å². The molecule has 1 unspecified atom stereocenters. The van der Waals surface area contributed by atoms with Crippen molar-refractivity contribution in [3.05, 3.63) is 36.4 Å². The van der Waals surface area contributed by atoms with E-state index in [-0.39, 0.29) is 17.5 Å². The highest BCUT2D eigenvalue weighted by Crippen LogP contribution is 2.22. The van der Waals surface area contributed by atoms with Crippen molar-refractivity contribution in [1.82, 2.24) is 19.1 Å². The predicted molar refractivity (Wildman–Crippen MR) is 87.7 cm³/mol. The average Bonchev–Trinajstić information content (AvgIpc) is 2.98. The zero-order valence-corrected chi connectivity index (χ0v) is 14.3. The van der Waals surface area contributed by atoms with Gasteiger partial charge in [0.05, 0.1) is 4.90 Å². The summed E-state index contributed by atoms with van der Waals surface area (Å²) in [5, 5.41) is 3.96. The molecule has 0 radical (unpaired) electrons. The minimum atomic E-state index is -3.51. The van der Waals surface area contributed by atoms with Gasteiger partial charge in [-0.1, -0.05) is 0 Å². The molecule has 0 spiro atoms. The third-order valence-corrected chi connectivity index (χ3v) is 5.93. The summed E-state index contributed by atoms with van der Waals surface area (Å²) in [6.07, 6.45) is 3.11. The molecule has 1 aromatic heterocycles. The van der Waals surface area contributed by atoms with Gasteiger partial charge in [-0.25, -0.2) is 13.4 Å². The molecule has 0 amide bonds. The van der Waals surface area contributed by atoms with Crippen LogP contribution in [0.1, 0.15) is 18.7 Å². The zero-order chi connectivity index (χ0) is 17.2. The first-order chi connectivity index (χ1) is 11.5. The molecule has 0 aliphatic carbocycles. The van der Waals surface area contributed by atoms with Crippen LogP contribution in [-0.2, 0) is 23.7 Å². The molecule has 0 saturated carbocycles. The minimum absolute atomic E-state index is 0.0949. The molecule has 1 saturated heterocycles. The normalized spacial score (nSPS) is 19.3. The smallest absolute Gasteiger partial charge is 0.243 e. The number of hydrogen-bond donors (Lipinski definition) is 1. The summed E-state index contributed by atoms with van der Waals surface area (Å²) in [5.41, 5.74) is 5.88. The Balaban J connectivity index is 1.68. The standard InChI is InChI=1S/C15H21N5O3S/c1-19-15(17-11-18-19)10-23-13-4-6-14(7-5-13)24(21,22)20-8-2-3-12(16)9-20/h4-7,11-12H,2-3,8-10,16H2,1H3. The molecule has 130 valence electrons. The summed E-state index contributed by atoms with van der Waals surface area (Å²) in [6.45, 7) is 1.15. The number of nitrogens with two attached hydrogens (primary N) is 1. The van der Waals surface area contributed by atoms with Crippen LogP contribution in [0.2, 0.25) is 0 Å². The highest BCUT2D eigenvalue weighted by Gasteiger charge is 2.28. The lowest BCUT2D eigenvalue weighted by Crippen LogP contribution is -2.45. The summed E-state index contributed by atoms with van der Waals surface area (Å²) in [5.74, 6) is 1.27. The minimum Gasteiger partial charge on any atom is -0.486 e. The van der Waals surface area contributed by atoms with E-state index in [4.69, 9.17) is 10.5 Å². The van der Waals surface area contributed by atoms with E-state index in [2.05, 4.69) is 10.1 Å². The van der Waals surface area contributed by atoms with Crippen LogP contribution in [0.5, 0.6) is 5.75 Å². The maximum atomic E-state index is 12.6. The maximum Gasteiger partial charge on any atom is 0.243 e. The fraction of sp³-hybridized carbons (Fsp3) is 0.467. The number of rotatable bonds is 5. The van der Waals surface area contributed by atoms with E-state index in [0.29, 0.717) is 24.7 Å². The Morgan fingerprint density at radius 2 is 2.08 bits per heavy atom. The molecular formula is C15H21N5O3S. The lowest BCUT2D eigenvalue weighted by molar-refractivity contribution is 0.289. The van der Waals surface area contributed by atoms with Crippen LogP contribution in [0.15, 0.2) is 35.5 Å². The van der Waals surface area contributed by atoms with Crippen LogP contribution in [0, 0.1) is 0 Å². The molecule has 1 aliphatic rings. The summed E-state index contributed by atoms with van der Waals surface area (Å²) in [6, 6.07) is 6.31. The maximum absolute atomic E-state index is 12.6. The number of nitrogens with zero attached hydrogens (tertiary/aromatic N) is 4. The number of benzene rings is 1. The third-order valence-electron chi connectivity index (χ3n) is 4.06. The highest BCUT2D eigenvalue weighted by molar-refractivity contribution is 7.89. The molecule has 8 nitrogen and oxygen atoms in total. The van der Waals surface area contributed by atoms with Crippen LogP contribution in [0.25, 0.3) is 0 Å². The second kappa shape index (κ2) is 6.88. The monoisotopic (exact) mass is 351 g/mol. The van der Waals surface area contributed by atoms with Crippen molar-refractivity contribution < 1.29 is 13.2 Å². The Bertz CT molecular complexity index is 788. The number of piperidine rings is 1. The van der Waals surface area contributed by atoms with Crippen molar-refractivity contribution in [1.29, 1.82) is 0 Å². The number of ether oxygens (including phenoxy) is 1. The molecular weight excluding hydrogens is 330 g/mol. The lowest BCUT2D eigenvalue weighted by atomic mass is 10.1. The number of hydrogen-bond acceptors (Lipinski definition) is 6. The van der Waals surface area contributed by atoms with Gasteiger partial charge in [-0.15, -0.1) is 0 Å². The van der Waals surface area contributed by atoms with E-state index >= 15 is 0 Å². The molecule has 2 N–H and O–H groups in total. The van der Waals surface area contributed by atoms with Crippen molar-refractivity contribution >= 4 is 10.0 Å². The summed E-state index contributed by atoms with van der Waals surface area (Å²) in [4.78, 5) is 4.32. The van der Waals surface area contributed by atoms with Gasteiger partial charge < -0.3 is 10.5 Å². The van der Waals surface area contributed by atoms with Gasteiger partial charge >= 0.3 is 0 Å². The molecule has 0 bridgehead atoms. The fourth-order valence-electron chi connectivity index (χ4n) is 2.65. The van der Waals surface area contributed by atoms with E-state index in [0.717, 1.165) is 12.8 Å². The van der Waals surface area contributed by atoms with E-state index in [1.165, 1.54) is 10.6 Å². The lowest BCUT2D eigenvalue weighted by Gasteiger charge is -2.29. The van der Waals surface area contributed by atoms with Gasteiger partial charge in [0, 0.05) is 26.2 Å². The van der Waals surface area contributed by atoms with Gasteiger partial charge in [0.15, 0.2) is 5.82 Å². The van der Waals surface area contributed by atoms with Gasteiger partial charge in [0.1, 0.15) is 18.7 Å². The van der Waals surface area contributed by atoms with Crippen molar-refractivity contribution in [2.45, 2.75) is 30.4 Å². The Morgan fingerprint density at radius 3 is 2.71 bits per heavy atom. The quantitative estimate of drug-likeness (QED) is 0.842. The first-order valence-corrected chi connectivity index (χ1v) is 9.22. The summed E-state index contributed by atoms with van der Waals surface area (Å²) >= 11 is 0. The van der Waals surface area contributed by atoms with Crippen molar-refractivity contribution in [2.24, 2.45) is 12.8 Å². The summed E-state index contributed by atoms with van der Waals surface area (Å²) in [7, 11) is -1.72. The molecule has 2 heterocycles. The van der Waals surface area contributed by atoms with Gasteiger partial charge in [0.2, 0.25) is 10.0 Å². The van der Waals surface area contributed by atoms with E-state index in [9.17, 15) is 8.42 Å². The Kier molecular flexibility index (Phi) is 4.83. The van der Waals surface area contributed by atoms with Gasteiger partial charge in [-0.3, -0.25) is 4.68 Å². The summed E-state index contributed by atoms with van der Waals surface area (Å²) < 4.78 is 34.0. The molecule has 9 heteroatoms.